The Balaban J connectivity index is 2.25. The number of hydrogen-bond donors (Lipinski definition) is 1. The summed E-state index contributed by atoms with van der Waals surface area (Å²) in [4.78, 5) is 12.7. The van der Waals surface area contributed by atoms with Crippen LogP contribution in [0, 0.1) is 0 Å². The second-order valence-corrected chi connectivity index (χ2v) is 8.46. The first-order valence-corrected chi connectivity index (χ1v) is 10.8. The molecule has 0 aliphatic rings. The maximum atomic E-state index is 12.7. The zero-order valence-corrected chi connectivity index (χ0v) is 17.8. The van der Waals surface area contributed by atoms with Crippen LogP contribution in [0.25, 0.3) is 0 Å². The molecule has 0 spiro atoms. The number of halogens is 1. The first kappa shape index (κ1) is 22.4. The van der Waals surface area contributed by atoms with Crippen LogP contribution in [0.2, 0.25) is 5.02 Å². The largest absolute Gasteiger partial charge is 0.380 e. The van der Waals surface area contributed by atoms with E-state index in [0.717, 1.165) is 11.1 Å². The molecule has 2 aromatic carbocycles. The predicted octanol–water partition coefficient (Wildman–Crippen LogP) is 3.45. The van der Waals surface area contributed by atoms with E-state index in [4.69, 9.17) is 16.3 Å². The number of hydrogen-bond acceptors (Lipinski definition) is 4. The van der Waals surface area contributed by atoms with Gasteiger partial charge in [-0.25, -0.2) is 8.42 Å². The van der Waals surface area contributed by atoms with Crippen LogP contribution in [0.5, 0.6) is 0 Å². The maximum Gasteiger partial charge on any atom is 0.253 e. The van der Waals surface area contributed by atoms with Gasteiger partial charge in [0.1, 0.15) is 0 Å². The van der Waals surface area contributed by atoms with Crippen molar-refractivity contribution in [3.8, 4) is 0 Å². The number of nitrogens with one attached hydrogen (secondary N) is 1. The van der Waals surface area contributed by atoms with Gasteiger partial charge < -0.3 is 10.1 Å². The zero-order valence-electron chi connectivity index (χ0n) is 16.2. The molecule has 6 nitrogen and oxygen atoms in total. The van der Waals surface area contributed by atoms with Crippen LogP contribution in [0.3, 0.4) is 0 Å². The highest BCUT2D eigenvalue weighted by atomic mass is 35.5. The van der Waals surface area contributed by atoms with Crippen LogP contribution in [0.1, 0.15) is 35.3 Å². The Morgan fingerprint density at radius 3 is 2.36 bits per heavy atom. The monoisotopic (exact) mass is 424 g/mol. The number of rotatable bonds is 9. The average molecular weight is 425 g/mol. The van der Waals surface area contributed by atoms with Crippen molar-refractivity contribution in [2.24, 2.45) is 0 Å². The SMILES string of the molecule is CCN(CC)S(=O)(=O)c1ccc(Cl)c(C(=O)NCc2ccccc2COC)c1. The lowest BCUT2D eigenvalue weighted by Gasteiger charge is -2.19. The number of benzene rings is 2. The fraction of sp³-hybridized carbons (Fsp3) is 0.350. The molecule has 0 radical (unpaired) electrons. The van der Waals surface area contributed by atoms with Crippen molar-refractivity contribution < 1.29 is 17.9 Å². The Kier molecular flexibility index (Phi) is 8.00. The first-order chi connectivity index (χ1) is 13.3. The second-order valence-electron chi connectivity index (χ2n) is 6.12. The molecular weight excluding hydrogens is 400 g/mol. The first-order valence-electron chi connectivity index (χ1n) is 8.98. The average Bonchev–Trinajstić information content (AvgIpc) is 2.68. The number of amides is 1. The Hall–Kier alpha value is -1.93. The van der Waals surface area contributed by atoms with Crippen molar-refractivity contribution in [2.45, 2.75) is 31.9 Å². The van der Waals surface area contributed by atoms with Gasteiger partial charge in [0, 0.05) is 26.7 Å². The van der Waals surface area contributed by atoms with E-state index in [0.29, 0.717) is 19.7 Å². The second kappa shape index (κ2) is 10.0. The molecule has 0 aliphatic carbocycles. The van der Waals surface area contributed by atoms with Crippen molar-refractivity contribution in [3.63, 3.8) is 0 Å². The van der Waals surface area contributed by atoms with Gasteiger partial charge >= 0.3 is 0 Å². The molecule has 2 rings (SSSR count). The Morgan fingerprint density at radius 1 is 1.11 bits per heavy atom. The summed E-state index contributed by atoms with van der Waals surface area (Å²) in [6.45, 7) is 4.94. The lowest BCUT2D eigenvalue weighted by Crippen LogP contribution is -2.31. The topological polar surface area (TPSA) is 75.7 Å². The van der Waals surface area contributed by atoms with Crippen LogP contribution < -0.4 is 5.32 Å². The number of carbonyl (C=O) groups excluding carboxylic acids is 1. The van der Waals surface area contributed by atoms with Gasteiger partial charge in [0.15, 0.2) is 0 Å². The standard InChI is InChI=1S/C20H25ClN2O4S/c1-4-23(5-2)28(25,26)17-10-11-19(21)18(12-17)20(24)22-13-15-8-6-7-9-16(15)14-27-3/h6-12H,4-5,13-14H2,1-3H3,(H,22,24). The van der Waals surface area contributed by atoms with E-state index in [2.05, 4.69) is 5.32 Å². The zero-order chi connectivity index (χ0) is 20.7. The van der Waals surface area contributed by atoms with Gasteiger partial charge in [0.2, 0.25) is 10.0 Å². The molecule has 2 aromatic rings. The smallest absolute Gasteiger partial charge is 0.253 e. The van der Waals surface area contributed by atoms with Crippen LogP contribution in [-0.2, 0) is 27.9 Å². The van der Waals surface area contributed by atoms with E-state index in [9.17, 15) is 13.2 Å². The summed E-state index contributed by atoms with van der Waals surface area (Å²) in [5, 5.41) is 3.00. The molecule has 0 saturated carbocycles. The van der Waals surface area contributed by atoms with Gasteiger partial charge in [-0.3, -0.25) is 4.79 Å². The van der Waals surface area contributed by atoms with Crippen molar-refractivity contribution in [2.75, 3.05) is 20.2 Å². The highest BCUT2D eigenvalue weighted by Crippen LogP contribution is 2.23. The van der Waals surface area contributed by atoms with Crippen LogP contribution in [0.15, 0.2) is 47.4 Å². The lowest BCUT2D eigenvalue weighted by molar-refractivity contribution is 0.0950. The summed E-state index contributed by atoms with van der Waals surface area (Å²) >= 11 is 6.16. The summed E-state index contributed by atoms with van der Waals surface area (Å²) in [6, 6.07) is 11.8. The molecule has 0 atom stereocenters. The van der Waals surface area contributed by atoms with Crippen molar-refractivity contribution in [1.82, 2.24) is 9.62 Å². The third-order valence-electron chi connectivity index (χ3n) is 4.38. The van der Waals surface area contributed by atoms with Crippen LogP contribution >= 0.6 is 11.6 Å². The number of ether oxygens (including phenoxy) is 1. The summed E-state index contributed by atoms with van der Waals surface area (Å²) in [7, 11) is -2.07. The van der Waals surface area contributed by atoms with E-state index < -0.39 is 15.9 Å². The maximum absolute atomic E-state index is 12.7. The number of sulfonamides is 1. The normalized spacial score (nSPS) is 11.6. The summed E-state index contributed by atoms with van der Waals surface area (Å²) in [5.41, 5.74) is 2.01. The van der Waals surface area contributed by atoms with Crippen LogP contribution in [0.4, 0.5) is 0 Å². The molecule has 1 amide bonds. The highest BCUT2D eigenvalue weighted by molar-refractivity contribution is 7.89. The Morgan fingerprint density at radius 2 is 1.75 bits per heavy atom. The minimum absolute atomic E-state index is 0.0468. The molecule has 0 bridgehead atoms. The predicted molar refractivity (Wildman–Crippen MR) is 110 cm³/mol. The minimum atomic E-state index is -3.68. The Bertz CT molecular complexity index is 928. The molecule has 8 heteroatoms. The van der Waals surface area contributed by atoms with E-state index in [-0.39, 0.29) is 22.0 Å². The molecule has 0 saturated heterocycles. The lowest BCUT2D eigenvalue weighted by atomic mass is 10.1. The van der Waals surface area contributed by atoms with Crippen molar-refractivity contribution in [3.05, 3.63) is 64.2 Å². The third kappa shape index (κ3) is 5.11. The number of methoxy groups -OCH3 is 1. The molecule has 1 N–H and O–H groups in total. The minimum Gasteiger partial charge on any atom is -0.380 e. The summed E-state index contributed by atoms with van der Waals surface area (Å²) < 4.78 is 31.9. The quantitative estimate of drug-likeness (QED) is 0.669. The third-order valence-corrected chi connectivity index (χ3v) is 6.76. The van der Waals surface area contributed by atoms with Crippen LogP contribution in [-0.4, -0.2) is 38.8 Å². The molecule has 0 unspecified atom stereocenters. The molecule has 28 heavy (non-hydrogen) atoms. The van der Waals surface area contributed by atoms with Gasteiger partial charge in [-0.2, -0.15) is 4.31 Å². The van der Waals surface area contributed by atoms with Gasteiger partial charge in [0.25, 0.3) is 5.91 Å². The van der Waals surface area contributed by atoms with Crippen molar-refractivity contribution in [1.29, 1.82) is 0 Å². The molecule has 0 aliphatic heterocycles. The van der Waals surface area contributed by atoms with Gasteiger partial charge in [-0.05, 0) is 29.3 Å². The number of nitrogens with zero attached hydrogens (tertiary/aromatic N) is 1. The summed E-state index contributed by atoms with van der Waals surface area (Å²) in [6.07, 6.45) is 0. The van der Waals surface area contributed by atoms with E-state index >= 15 is 0 Å². The summed E-state index contributed by atoms with van der Waals surface area (Å²) in [5.74, 6) is -0.436. The van der Waals surface area contributed by atoms with E-state index in [1.54, 1.807) is 21.0 Å². The van der Waals surface area contributed by atoms with Gasteiger partial charge in [0.05, 0.1) is 22.1 Å². The Labute approximate surface area is 171 Å². The fourth-order valence-corrected chi connectivity index (χ4v) is 4.54. The van der Waals surface area contributed by atoms with E-state index in [1.807, 2.05) is 24.3 Å². The molecule has 0 aromatic heterocycles. The molecule has 0 fully saturated rings. The molecular formula is C20H25ClN2O4S. The van der Waals surface area contributed by atoms with Gasteiger partial charge in [-0.1, -0.05) is 49.7 Å². The molecule has 0 heterocycles. The highest BCUT2D eigenvalue weighted by Gasteiger charge is 2.23. The fourth-order valence-electron chi connectivity index (χ4n) is 2.85. The van der Waals surface area contributed by atoms with Crippen molar-refractivity contribution >= 4 is 27.5 Å². The van der Waals surface area contributed by atoms with E-state index in [1.165, 1.54) is 22.5 Å². The molecule has 152 valence electrons. The number of carbonyl (C=O) groups is 1. The van der Waals surface area contributed by atoms with Gasteiger partial charge in [-0.15, -0.1) is 0 Å².